The molecule has 2 heterocycles. The van der Waals surface area contributed by atoms with E-state index in [9.17, 15) is 36.4 Å². The number of hydrogen-bond donors (Lipinski definition) is 3. The van der Waals surface area contributed by atoms with E-state index in [2.05, 4.69) is 20.6 Å². The number of piperidine rings is 1. The molecule has 4 N–H and O–H groups in total. The summed E-state index contributed by atoms with van der Waals surface area (Å²) in [7, 11) is 0. The van der Waals surface area contributed by atoms with Crippen LogP contribution in [0.1, 0.15) is 28.9 Å². The maximum absolute atomic E-state index is 15.0. The molecule has 0 spiro atoms. The van der Waals surface area contributed by atoms with Crippen LogP contribution < -0.4 is 16.4 Å². The Morgan fingerprint density at radius 3 is 2.75 bits per heavy atom. The predicted molar refractivity (Wildman–Crippen MR) is 120 cm³/mol. The van der Waals surface area contributed by atoms with Gasteiger partial charge in [-0.15, -0.1) is 0 Å². The molecule has 1 amide bonds. The topological polar surface area (TPSA) is 116 Å². The molecule has 3 rings (SSSR count). The third-order valence-corrected chi connectivity index (χ3v) is 5.24. The van der Waals surface area contributed by atoms with Gasteiger partial charge >= 0.3 is 6.18 Å². The van der Waals surface area contributed by atoms with Crippen LogP contribution in [-0.2, 0) is 17.4 Å². The van der Waals surface area contributed by atoms with E-state index in [0.29, 0.717) is 6.54 Å². The average molecular weight is 510 g/mol. The minimum absolute atomic E-state index is 0.0423. The summed E-state index contributed by atoms with van der Waals surface area (Å²) in [5, 5.41) is 14.4. The number of nitriles is 1. The van der Waals surface area contributed by atoms with Crippen molar-refractivity contribution < 1.29 is 31.1 Å². The number of allylic oxidation sites excluding steroid dienone is 1. The molecule has 0 aliphatic carbocycles. The fourth-order valence-electron chi connectivity index (χ4n) is 3.53. The number of anilines is 1. The second kappa shape index (κ2) is 10.8. The number of halogens is 6. The van der Waals surface area contributed by atoms with Crippen molar-refractivity contribution in [3.05, 3.63) is 64.9 Å². The number of nitrogens with one attached hydrogen (secondary N) is 2. The molecule has 1 atom stereocenters. The molecule has 7 nitrogen and oxygen atoms in total. The molecule has 0 bridgehead atoms. The van der Waals surface area contributed by atoms with Crippen LogP contribution in [0.5, 0.6) is 0 Å². The number of carbonyl (C=O) groups is 1. The number of pyridine rings is 1. The molecule has 1 saturated heterocycles. The van der Waals surface area contributed by atoms with Gasteiger partial charge in [0, 0.05) is 29.2 Å². The SMILES string of the molecule is N#Cc1cc(NC(=O)Cc2cccc(C(F)(F)F)n2)cc(F)c1/C(C=NC1CCNCC1(F)F)=C/N. The van der Waals surface area contributed by atoms with E-state index in [-0.39, 0.29) is 34.5 Å². The summed E-state index contributed by atoms with van der Waals surface area (Å²) < 4.78 is 81.4. The van der Waals surface area contributed by atoms with E-state index < -0.39 is 48.5 Å². The number of rotatable bonds is 6. The van der Waals surface area contributed by atoms with Gasteiger partial charge in [0.1, 0.15) is 17.6 Å². The molecule has 36 heavy (non-hydrogen) atoms. The van der Waals surface area contributed by atoms with Gasteiger partial charge < -0.3 is 16.4 Å². The smallest absolute Gasteiger partial charge is 0.404 e. The highest BCUT2D eigenvalue weighted by Crippen LogP contribution is 2.29. The average Bonchev–Trinajstić information content (AvgIpc) is 2.80. The molecular weight excluding hydrogens is 490 g/mol. The molecule has 0 saturated carbocycles. The quantitative estimate of drug-likeness (QED) is 0.405. The standard InChI is InChI=1S/C23H20F6N6O/c24-17-7-16(35-20(36)8-15-2-1-3-19(34-15)23(27,28)29)6-13(9-30)21(17)14(10-31)11-33-18-4-5-32-12-22(18,25)26/h1-3,6-7,10-11,18,32H,4-5,8,12,31H2,(H,35,36)/b14-10+,33-11?. The van der Waals surface area contributed by atoms with Crippen LogP contribution in [0.4, 0.5) is 32.0 Å². The van der Waals surface area contributed by atoms with E-state index >= 15 is 0 Å². The number of hydrogen-bond acceptors (Lipinski definition) is 6. The summed E-state index contributed by atoms with van der Waals surface area (Å²) in [5.41, 5.74) is 3.35. The summed E-state index contributed by atoms with van der Waals surface area (Å²) in [6.07, 6.45) is -3.30. The zero-order valence-electron chi connectivity index (χ0n) is 18.5. The molecule has 190 valence electrons. The Hall–Kier alpha value is -3.92. The molecule has 1 aliphatic rings. The first-order valence-corrected chi connectivity index (χ1v) is 10.5. The predicted octanol–water partition coefficient (Wildman–Crippen LogP) is 3.66. The Labute approximate surface area is 201 Å². The summed E-state index contributed by atoms with van der Waals surface area (Å²) in [4.78, 5) is 19.5. The van der Waals surface area contributed by atoms with Gasteiger partial charge in [-0.2, -0.15) is 18.4 Å². The summed E-state index contributed by atoms with van der Waals surface area (Å²) in [6, 6.07) is 5.46. The van der Waals surface area contributed by atoms with Crippen molar-refractivity contribution in [2.45, 2.75) is 31.0 Å². The highest BCUT2D eigenvalue weighted by atomic mass is 19.4. The van der Waals surface area contributed by atoms with Gasteiger partial charge in [-0.3, -0.25) is 9.79 Å². The minimum atomic E-state index is -4.69. The van der Waals surface area contributed by atoms with Crippen molar-refractivity contribution in [2.24, 2.45) is 10.7 Å². The van der Waals surface area contributed by atoms with Gasteiger partial charge in [-0.1, -0.05) is 6.07 Å². The normalized spacial score (nSPS) is 18.1. The number of aromatic nitrogens is 1. The number of amides is 1. The first-order chi connectivity index (χ1) is 16.9. The molecule has 1 aromatic heterocycles. The third-order valence-electron chi connectivity index (χ3n) is 5.24. The molecular formula is C23H20F6N6O. The lowest BCUT2D eigenvalue weighted by Crippen LogP contribution is -2.48. The van der Waals surface area contributed by atoms with E-state index in [1.807, 2.05) is 0 Å². The second-order valence-corrected chi connectivity index (χ2v) is 7.87. The van der Waals surface area contributed by atoms with Gasteiger partial charge in [0.25, 0.3) is 5.92 Å². The zero-order valence-corrected chi connectivity index (χ0v) is 18.5. The fraction of sp³-hybridized carbons (Fsp3) is 0.304. The molecule has 1 unspecified atom stereocenters. The minimum Gasteiger partial charge on any atom is -0.404 e. The molecule has 1 aliphatic heterocycles. The highest BCUT2D eigenvalue weighted by Gasteiger charge is 2.41. The maximum Gasteiger partial charge on any atom is 0.433 e. The van der Waals surface area contributed by atoms with Crippen LogP contribution in [0.25, 0.3) is 5.57 Å². The first-order valence-electron chi connectivity index (χ1n) is 10.5. The lowest BCUT2D eigenvalue weighted by Gasteiger charge is -2.29. The Bertz CT molecular complexity index is 1230. The first kappa shape index (κ1) is 26.7. The number of alkyl halides is 5. The van der Waals surface area contributed by atoms with Gasteiger partial charge in [0.05, 0.1) is 30.3 Å². The van der Waals surface area contributed by atoms with Crippen molar-refractivity contribution in [3.63, 3.8) is 0 Å². The van der Waals surface area contributed by atoms with Gasteiger partial charge in [-0.25, -0.2) is 18.2 Å². The number of nitrogens with two attached hydrogens (primary N) is 1. The van der Waals surface area contributed by atoms with Crippen LogP contribution in [0, 0.1) is 17.1 Å². The summed E-state index contributed by atoms with van der Waals surface area (Å²) in [5.74, 6) is -4.92. The van der Waals surface area contributed by atoms with E-state index in [4.69, 9.17) is 5.73 Å². The van der Waals surface area contributed by atoms with Crippen LogP contribution in [0.3, 0.4) is 0 Å². The van der Waals surface area contributed by atoms with Crippen molar-refractivity contribution in [3.8, 4) is 6.07 Å². The molecule has 1 aromatic carbocycles. The number of aliphatic imine (C=N–C) groups is 1. The van der Waals surface area contributed by atoms with Crippen molar-refractivity contribution in [2.75, 3.05) is 18.4 Å². The van der Waals surface area contributed by atoms with Crippen LogP contribution in [0.2, 0.25) is 0 Å². The Balaban J connectivity index is 1.80. The Kier molecular flexibility index (Phi) is 7.99. The third kappa shape index (κ3) is 6.39. The van der Waals surface area contributed by atoms with Crippen molar-refractivity contribution in [1.82, 2.24) is 10.3 Å². The number of carbonyl (C=O) groups excluding carboxylic acids is 1. The summed E-state index contributed by atoms with van der Waals surface area (Å²) >= 11 is 0. The number of nitrogens with zero attached hydrogens (tertiary/aromatic N) is 3. The van der Waals surface area contributed by atoms with Crippen molar-refractivity contribution in [1.29, 1.82) is 5.26 Å². The maximum atomic E-state index is 15.0. The van der Waals surface area contributed by atoms with E-state index in [1.165, 1.54) is 6.07 Å². The van der Waals surface area contributed by atoms with Crippen LogP contribution in [-0.4, -0.2) is 42.2 Å². The van der Waals surface area contributed by atoms with Crippen LogP contribution >= 0.6 is 0 Å². The molecule has 2 aromatic rings. The molecule has 1 fully saturated rings. The number of benzene rings is 1. The highest BCUT2D eigenvalue weighted by molar-refractivity contribution is 6.11. The van der Waals surface area contributed by atoms with E-state index in [0.717, 1.165) is 36.7 Å². The van der Waals surface area contributed by atoms with Crippen LogP contribution in [0.15, 0.2) is 41.5 Å². The largest absolute Gasteiger partial charge is 0.433 e. The van der Waals surface area contributed by atoms with Gasteiger partial charge in [0.15, 0.2) is 0 Å². The van der Waals surface area contributed by atoms with Gasteiger partial charge in [0.2, 0.25) is 5.91 Å². The van der Waals surface area contributed by atoms with E-state index in [1.54, 1.807) is 6.07 Å². The monoisotopic (exact) mass is 510 g/mol. The Morgan fingerprint density at radius 1 is 1.36 bits per heavy atom. The second-order valence-electron chi connectivity index (χ2n) is 7.87. The zero-order chi connectivity index (χ0) is 26.5. The van der Waals surface area contributed by atoms with Crippen molar-refractivity contribution >= 4 is 23.4 Å². The lowest BCUT2D eigenvalue weighted by molar-refractivity contribution is -0.141. The lowest BCUT2D eigenvalue weighted by atomic mass is 9.99. The molecule has 13 heteroatoms. The molecule has 0 radical (unpaired) electrons. The van der Waals surface area contributed by atoms with Gasteiger partial charge in [-0.05, 0) is 37.2 Å². The summed E-state index contributed by atoms with van der Waals surface area (Å²) in [6.45, 7) is -0.236. The Morgan fingerprint density at radius 2 is 2.11 bits per heavy atom. The fourth-order valence-corrected chi connectivity index (χ4v) is 3.53.